The van der Waals surface area contributed by atoms with Gasteiger partial charge in [-0.2, -0.15) is 13.2 Å². The van der Waals surface area contributed by atoms with Gasteiger partial charge < -0.3 is 15.7 Å². The number of aromatic hydroxyl groups is 1. The molecule has 3 aliphatic carbocycles. The summed E-state index contributed by atoms with van der Waals surface area (Å²) in [6.07, 6.45) is -0.588. The number of pyridine rings is 1. The lowest BCUT2D eigenvalue weighted by molar-refractivity contribution is -0.158. The molecule has 6 rings (SSSR count). The molecule has 3 saturated carbocycles. The molecule has 0 radical (unpaired) electrons. The standard InChI is InChI=1S/C27H25F4N3O2/c28-20-8-5-17(6-9-20)11-19(13-33-24(36)21-3-1-2-4-22(21)35)25-14-26(15-25,16-25)34-23-10-7-18(12-32-23)27(29,30)31/h1-10,12,19,35H,11,13-16H2,(H,32,34)(H,33,36). The first-order chi connectivity index (χ1) is 17.1. The van der Waals surface area contributed by atoms with E-state index in [0.717, 1.165) is 37.1 Å². The third-order valence-electron chi connectivity index (χ3n) is 7.47. The number of phenols is 1. The molecule has 2 aromatic carbocycles. The highest BCUT2D eigenvalue weighted by atomic mass is 19.4. The lowest BCUT2D eigenvalue weighted by atomic mass is 9.35. The summed E-state index contributed by atoms with van der Waals surface area (Å²) in [5.41, 5.74) is 0.0765. The smallest absolute Gasteiger partial charge is 0.417 e. The molecule has 3 aliphatic rings. The molecule has 3 fully saturated rings. The van der Waals surface area contributed by atoms with Crippen LogP contribution in [0.4, 0.5) is 23.4 Å². The minimum atomic E-state index is -4.43. The van der Waals surface area contributed by atoms with Crippen LogP contribution in [0, 0.1) is 17.2 Å². The molecule has 2 bridgehead atoms. The third kappa shape index (κ3) is 4.62. The van der Waals surface area contributed by atoms with Crippen LogP contribution in [0.5, 0.6) is 5.75 Å². The molecule has 0 spiro atoms. The summed E-state index contributed by atoms with van der Waals surface area (Å²) < 4.78 is 51.9. The van der Waals surface area contributed by atoms with E-state index >= 15 is 0 Å². The first-order valence-corrected chi connectivity index (χ1v) is 11.7. The fourth-order valence-corrected chi connectivity index (χ4v) is 5.73. The summed E-state index contributed by atoms with van der Waals surface area (Å²) >= 11 is 0. The highest BCUT2D eigenvalue weighted by Crippen LogP contribution is 2.71. The minimum absolute atomic E-state index is 0.0562. The Labute approximate surface area is 205 Å². The van der Waals surface area contributed by atoms with Crippen LogP contribution in [-0.2, 0) is 12.6 Å². The van der Waals surface area contributed by atoms with Gasteiger partial charge in [-0.15, -0.1) is 0 Å². The molecule has 36 heavy (non-hydrogen) atoms. The van der Waals surface area contributed by atoms with E-state index in [-0.39, 0.29) is 39.9 Å². The number of carbonyl (C=O) groups is 1. The largest absolute Gasteiger partial charge is 0.507 e. The van der Waals surface area contributed by atoms with Gasteiger partial charge in [-0.1, -0.05) is 24.3 Å². The van der Waals surface area contributed by atoms with E-state index in [1.165, 1.54) is 24.3 Å². The predicted molar refractivity (Wildman–Crippen MR) is 126 cm³/mol. The van der Waals surface area contributed by atoms with Gasteiger partial charge in [0.25, 0.3) is 5.91 Å². The predicted octanol–water partition coefficient (Wildman–Crippen LogP) is 5.57. The molecule has 5 nitrogen and oxygen atoms in total. The summed E-state index contributed by atoms with van der Waals surface area (Å²) in [5.74, 6) is -0.324. The average molecular weight is 500 g/mol. The molecular formula is C27H25F4N3O2. The zero-order valence-corrected chi connectivity index (χ0v) is 19.3. The molecule has 1 aromatic heterocycles. The number of benzene rings is 2. The third-order valence-corrected chi connectivity index (χ3v) is 7.47. The Morgan fingerprint density at radius 1 is 1.03 bits per heavy atom. The van der Waals surface area contributed by atoms with Crippen molar-refractivity contribution in [3.8, 4) is 5.75 Å². The van der Waals surface area contributed by atoms with Gasteiger partial charge in [-0.25, -0.2) is 9.37 Å². The van der Waals surface area contributed by atoms with Gasteiger partial charge in [0.1, 0.15) is 17.4 Å². The Morgan fingerprint density at radius 3 is 2.33 bits per heavy atom. The number of phenolic OH excluding ortho intramolecular Hbond substituents is 1. The number of hydrogen-bond donors (Lipinski definition) is 3. The van der Waals surface area contributed by atoms with E-state index in [4.69, 9.17) is 0 Å². The highest BCUT2D eigenvalue weighted by molar-refractivity contribution is 5.96. The van der Waals surface area contributed by atoms with Gasteiger partial charge in [-0.05, 0) is 79.0 Å². The second kappa shape index (κ2) is 8.80. The van der Waals surface area contributed by atoms with Crippen LogP contribution in [0.2, 0.25) is 0 Å². The Bertz CT molecular complexity index is 1240. The van der Waals surface area contributed by atoms with Gasteiger partial charge in [0.15, 0.2) is 0 Å². The monoisotopic (exact) mass is 499 g/mol. The van der Waals surface area contributed by atoms with Crippen LogP contribution in [0.3, 0.4) is 0 Å². The molecule has 3 aromatic rings. The summed E-state index contributed by atoms with van der Waals surface area (Å²) in [5, 5.41) is 16.2. The molecule has 0 aliphatic heterocycles. The number of nitrogens with one attached hydrogen (secondary N) is 2. The van der Waals surface area contributed by atoms with Gasteiger partial charge >= 0.3 is 6.18 Å². The topological polar surface area (TPSA) is 74.2 Å². The number of halogens is 4. The zero-order chi connectivity index (χ0) is 25.6. The van der Waals surface area contributed by atoms with Gasteiger partial charge in [0, 0.05) is 18.3 Å². The minimum Gasteiger partial charge on any atom is -0.507 e. The van der Waals surface area contributed by atoms with Crippen LogP contribution in [-0.4, -0.2) is 28.1 Å². The van der Waals surface area contributed by atoms with E-state index in [1.807, 2.05) is 0 Å². The molecule has 1 atom stereocenters. The summed E-state index contributed by atoms with van der Waals surface area (Å²) in [4.78, 5) is 16.6. The lowest BCUT2D eigenvalue weighted by Crippen LogP contribution is -2.74. The van der Waals surface area contributed by atoms with Crippen molar-refractivity contribution in [3.63, 3.8) is 0 Å². The van der Waals surface area contributed by atoms with Crippen molar-refractivity contribution in [1.29, 1.82) is 0 Å². The van der Waals surface area contributed by atoms with Crippen LogP contribution in [0.15, 0.2) is 66.9 Å². The van der Waals surface area contributed by atoms with Gasteiger partial charge in [0.2, 0.25) is 0 Å². The number of nitrogens with zero attached hydrogens (tertiary/aromatic N) is 1. The first kappa shape index (κ1) is 24.1. The molecule has 188 valence electrons. The number of alkyl halides is 3. The van der Waals surface area contributed by atoms with Gasteiger partial charge in [-0.3, -0.25) is 4.79 Å². The Balaban J connectivity index is 1.26. The molecule has 9 heteroatoms. The summed E-state index contributed by atoms with van der Waals surface area (Å²) in [6, 6.07) is 15.0. The molecule has 1 unspecified atom stereocenters. The number of rotatable bonds is 8. The van der Waals surface area contributed by atoms with E-state index < -0.39 is 11.7 Å². The second-order valence-corrected chi connectivity index (χ2v) is 9.98. The van der Waals surface area contributed by atoms with Crippen molar-refractivity contribution >= 4 is 11.7 Å². The fourth-order valence-electron chi connectivity index (χ4n) is 5.73. The number of para-hydroxylation sites is 1. The maximum atomic E-state index is 13.4. The molecule has 0 saturated heterocycles. The summed E-state index contributed by atoms with van der Waals surface area (Å²) in [6.45, 7) is 0.374. The van der Waals surface area contributed by atoms with Crippen LogP contribution < -0.4 is 10.6 Å². The van der Waals surface area contributed by atoms with Crippen molar-refractivity contribution < 1.29 is 27.5 Å². The van der Waals surface area contributed by atoms with Crippen molar-refractivity contribution in [2.24, 2.45) is 11.3 Å². The molecule has 3 N–H and O–H groups in total. The van der Waals surface area contributed by atoms with Gasteiger partial charge in [0.05, 0.1) is 11.1 Å². The normalized spacial score (nSPS) is 23.2. The highest BCUT2D eigenvalue weighted by Gasteiger charge is 2.70. The van der Waals surface area contributed by atoms with Crippen molar-refractivity contribution in [1.82, 2.24) is 10.3 Å². The van der Waals surface area contributed by atoms with Crippen LogP contribution >= 0.6 is 0 Å². The SMILES string of the molecule is O=C(NCC(Cc1ccc(F)cc1)C12CC(Nc3ccc(C(F)(F)F)cn3)(C1)C2)c1ccccc1O. The maximum Gasteiger partial charge on any atom is 0.417 e. The van der Waals surface area contributed by atoms with Crippen molar-refractivity contribution in [3.05, 3.63) is 89.4 Å². The number of anilines is 1. The first-order valence-electron chi connectivity index (χ1n) is 11.7. The number of hydrogen-bond acceptors (Lipinski definition) is 4. The Kier molecular flexibility index (Phi) is 5.89. The van der Waals surface area contributed by atoms with Crippen LogP contribution in [0.25, 0.3) is 0 Å². The summed E-state index contributed by atoms with van der Waals surface area (Å²) in [7, 11) is 0. The average Bonchev–Trinajstić information content (AvgIpc) is 2.79. The Hall–Kier alpha value is -3.62. The maximum absolute atomic E-state index is 13.4. The van der Waals surface area contributed by atoms with E-state index in [0.29, 0.717) is 18.8 Å². The van der Waals surface area contributed by atoms with Crippen molar-refractivity contribution in [2.45, 2.75) is 37.4 Å². The number of carbonyl (C=O) groups excluding carboxylic acids is 1. The quantitative estimate of drug-likeness (QED) is 0.355. The van der Waals surface area contributed by atoms with E-state index in [1.54, 1.807) is 30.3 Å². The molecule has 1 heterocycles. The van der Waals surface area contributed by atoms with Crippen LogP contribution in [0.1, 0.15) is 40.7 Å². The number of amides is 1. The van der Waals surface area contributed by atoms with E-state index in [9.17, 15) is 27.5 Å². The zero-order valence-electron chi connectivity index (χ0n) is 19.3. The Morgan fingerprint density at radius 2 is 1.72 bits per heavy atom. The lowest BCUT2D eigenvalue weighted by Gasteiger charge is -2.73. The van der Waals surface area contributed by atoms with Crippen molar-refractivity contribution in [2.75, 3.05) is 11.9 Å². The van der Waals surface area contributed by atoms with E-state index in [2.05, 4.69) is 15.6 Å². The molecular weight excluding hydrogens is 474 g/mol. The fraction of sp³-hybridized carbons (Fsp3) is 0.333. The number of aromatic nitrogens is 1. The molecule has 1 amide bonds. The second-order valence-electron chi connectivity index (χ2n) is 9.98.